The lowest BCUT2D eigenvalue weighted by molar-refractivity contribution is -0.142. The second-order valence-corrected chi connectivity index (χ2v) is 6.57. The van der Waals surface area contributed by atoms with Gasteiger partial charge in [-0.25, -0.2) is 0 Å². The molecule has 0 amide bonds. The molecule has 0 saturated carbocycles. The molecule has 1 aromatic carbocycles. The summed E-state index contributed by atoms with van der Waals surface area (Å²) in [5.41, 5.74) is 2.71. The van der Waals surface area contributed by atoms with E-state index >= 15 is 0 Å². The van der Waals surface area contributed by atoms with E-state index in [0.29, 0.717) is 22.3 Å². The van der Waals surface area contributed by atoms with Crippen LogP contribution in [0.4, 0.5) is 0 Å². The standard InChI is InChI=1S/C17H21ClN2O2S/c1-4-22-16(21)10-15-14(9-11(2)3)19-17(23)20(15)13-7-5-12(18)6-8-13/h5-8,11H,4,9-10H2,1-3H3,(H,19,23). The summed E-state index contributed by atoms with van der Waals surface area (Å²) in [5.74, 6) is 0.192. The summed E-state index contributed by atoms with van der Waals surface area (Å²) >= 11 is 11.4. The van der Waals surface area contributed by atoms with Crippen LogP contribution >= 0.6 is 23.8 Å². The first kappa shape index (κ1) is 17.8. The van der Waals surface area contributed by atoms with E-state index in [-0.39, 0.29) is 12.4 Å². The average molecular weight is 353 g/mol. The number of rotatable bonds is 6. The molecule has 6 heteroatoms. The van der Waals surface area contributed by atoms with Crippen LogP contribution in [0.2, 0.25) is 5.02 Å². The van der Waals surface area contributed by atoms with Gasteiger partial charge in [0.15, 0.2) is 4.77 Å². The van der Waals surface area contributed by atoms with Gasteiger partial charge in [0, 0.05) is 16.4 Å². The number of benzene rings is 1. The van der Waals surface area contributed by atoms with E-state index in [9.17, 15) is 4.79 Å². The Kier molecular flexibility index (Phi) is 6.02. The molecule has 0 unspecified atom stereocenters. The molecule has 0 atom stereocenters. The van der Waals surface area contributed by atoms with Crippen LogP contribution in [0.1, 0.15) is 32.2 Å². The van der Waals surface area contributed by atoms with Crippen LogP contribution in [0, 0.1) is 10.7 Å². The highest BCUT2D eigenvalue weighted by molar-refractivity contribution is 7.71. The van der Waals surface area contributed by atoms with Crippen molar-refractivity contribution in [3.8, 4) is 5.69 Å². The van der Waals surface area contributed by atoms with Crippen molar-refractivity contribution in [3.05, 3.63) is 45.4 Å². The van der Waals surface area contributed by atoms with Gasteiger partial charge in [-0.3, -0.25) is 9.36 Å². The van der Waals surface area contributed by atoms with Gasteiger partial charge in [-0.05, 0) is 55.7 Å². The minimum atomic E-state index is -0.255. The number of carbonyl (C=O) groups is 1. The molecule has 1 aromatic heterocycles. The first-order valence-corrected chi connectivity index (χ1v) is 8.45. The number of ether oxygens (including phenoxy) is 1. The van der Waals surface area contributed by atoms with Gasteiger partial charge in [-0.1, -0.05) is 25.4 Å². The summed E-state index contributed by atoms with van der Waals surface area (Å²) in [6.45, 7) is 6.43. The molecule has 2 aromatic rings. The molecule has 0 aliphatic rings. The van der Waals surface area contributed by atoms with Crippen molar-refractivity contribution in [1.29, 1.82) is 0 Å². The Labute approximate surface area is 146 Å². The molecule has 23 heavy (non-hydrogen) atoms. The third kappa shape index (κ3) is 4.45. The van der Waals surface area contributed by atoms with Gasteiger partial charge < -0.3 is 9.72 Å². The zero-order valence-electron chi connectivity index (χ0n) is 13.6. The summed E-state index contributed by atoms with van der Waals surface area (Å²) in [6.07, 6.45) is 1.00. The summed E-state index contributed by atoms with van der Waals surface area (Å²) in [7, 11) is 0. The molecule has 4 nitrogen and oxygen atoms in total. The maximum absolute atomic E-state index is 12.0. The smallest absolute Gasteiger partial charge is 0.311 e. The van der Waals surface area contributed by atoms with Crippen LogP contribution in [0.15, 0.2) is 24.3 Å². The molecule has 0 fully saturated rings. The zero-order valence-corrected chi connectivity index (χ0v) is 15.1. The number of hydrogen-bond acceptors (Lipinski definition) is 3. The highest BCUT2D eigenvalue weighted by Crippen LogP contribution is 2.21. The van der Waals surface area contributed by atoms with Crippen LogP contribution < -0.4 is 0 Å². The number of nitrogens with one attached hydrogen (secondary N) is 1. The van der Waals surface area contributed by atoms with E-state index < -0.39 is 0 Å². The normalized spacial score (nSPS) is 11.0. The fourth-order valence-electron chi connectivity index (χ4n) is 2.49. The number of aromatic nitrogens is 2. The number of esters is 1. The van der Waals surface area contributed by atoms with Crippen molar-refractivity contribution in [1.82, 2.24) is 9.55 Å². The van der Waals surface area contributed by atoms with Crippen LogP contribution in [0.5, 0.6) is 0 Å². The monoisotopic (exact) mass is 352 g/mol. The molecule has 0 aliphatic carbocycles. The van der Waals surface area contributed by atoms with Crippen molar-refractivity contribution in [2.24, 2.45) is 5.92 Å². The lowest BCUT2D eigenvalue weighted by Gasteiger charge is -2.11. The lowest BCUT2D eigenvalue weighted by atomic mass is 10.1. The third-order valence-corrected chi connectivity index (χ3v) is 3.93. The zero-order chi connectivity index (χ0) is 17.0. The van der Waals surface area contributed by atoms with Crippen molar-refractivity contribution in [3.63, 3.8) is 0 Å². The van der Waals surface area contributed by atoms with Crippen LogP contribution in [-0.2, 0) is 22.4 Å². The maximum Gasteiger partial charge on any atom is 0.311 e. The van der Waals surface area contributed by atoms with Crippen LogP contribution in [0.3, 0.4) is 0 Å². The third-order valence-electron chi connectivity index (χ3n) is 3.39. The Balaban J connectivity index is 2.51. The number of carbonyl (C=O) groups excluding carboxylic acids is 1. The van der Waals surface area contributed by atoms with Crippen molar-refractivity contribution < 1.29 is 9.53 Å². The van der Waals surface area contributed by atoms with E-state index in [1.54, 1.807) is 6.92 Å². The first-order valence-electron chi connectivity index (χ1n) is 7.66. The second-order valence-electron chi connectivity index (χ2n) is 5.75. The molecule has 1 N–H and O–H groups in total. The Morgan fingerprint density at radius 3 is 2.57 bits per heavy atom. The van der Waals surface area contributed by atoms with Crippen molar-refractivity contribution in [2.45, 2.75) is 33.6 Å². The van der Waals surface area contributed by atoms with Crippen LogP contribution in [-0.4, -0.2) is 22.1 Å². The van der Waals surface area contributed by atoms with Gasteiger partial charge >= 0.3 is 5.97 Å². The van der Waals surface area contributed by atoms with Gasteiger partial charge in [-0.2, -0.15) is 0 Å². The van der Waals surface area contributed by atoms with Gasteiger partial charge in [0.1, 0.15) is 0 Å². The van der Waals surface area contributed by atoms with E-state index in [4.69, 9.17) is 28.6 Å². The first-order chi connectivity index (χ1) is 10.9. The average Bonchev–Trinajstić information content (AvgIpc) is 2.75. The SMILES string of the molecule is CCOC(=O)Cc1c(CC(C)C)[nH]c(=S)n1-c1ccc(Cl)cc1. The topological polar surface area (TPSA) is 47.0 Å². The molecule has 0 saturated heterocycles. The molecule has 124 valence electrons. The predicted molar refractivity (Wildman–Crippen MR) is 94.8 cm³/mol. The lowest BCUT2D eigenvalue weighted by Crippen LogP contribution is -2.13. The number of nitrogens with zero attached hydrogens (tertiary/aromatic N) is 1. The molecule has 0 radical (unpaired) electrons. The highest BCUT2D eigenvalue weighted by atomic mass is 35.5. The predicted octanol–water partition coefficient (Wildman–Crippen LogP) is 4.49. The van der Waals surface area contributed by atoms with E-state index in [0.717, 1.165) is 23.5 Å². The summed E-state index contributed by atoms with van der Waals surface area (Å²) in [6, 6.07) is 7.39. The molecule has 0 bridgehead atoms. The summed E-state index contributed by atoms with van der Waals surface area (Å²) < 4.78 is 7.56. The number of hydrogen-bond donors (Lipinski definition) is 1. The number of halogens is 1. The minimum Gasteiger partial charge on any atom is -0.466 e. The Morgan fingerprint density at radius 1 is 1.35 bits per heavy atom. The molecule has 0 aliphatic heterocycles. The molecular weight excluding hydrogens is 332 g/mol. The largest absolute Gasteiger partial charge is 0.466 e. The van der Waals surface area contributed by atoms with Crippen molar-refractivity contribution in [2.75, 3.05) is 6.61 Å². The van der Waals surface area contributed by atoms with Crippen LogP contribution in [0.25, 0.3) is 5.69 Å². The molecule has 0 spiro atoms. The van der Waals surface area contributed by atoms with Gasteiger partial charge in [0.2, 0.25) is 0 Å². The molecule has 1 heterocycles. The maximum atomic E-state index is 12.0. The molecular formula is C17H21ClN2O2S. The minimum absolute atomic E-state index is 0.186. The summed E-state index contributed by atoms with van der Waals surface area (Å²) in [5, 5.41) is 0.658. The van der Waals surface area contributed by atoms with Gasteiger partial charge in [0.25, 0.3) is 0 Å². The Bertz CT molecular complexity index is 732. The summed E-state index contributed by atoms with van der Waals surface area (Å²) in [4.78, 5) is 15.2. The number of aromatic amines is 1. The number of imidazole rings is 1. The van der Waals surface area contributed by atoms with E-state index in [1.807, 2.05) is 28.8 Å². The fourth-order valence-corrected chi connectivity index (χ4v) is 2.95. The van der Waals surface area contributed by atoms with Gasteiger partial charge in [0.05, 0.1) is 18.7 Å². The van der Waals surface area contributed by atoms with Gasteiger partial charge in [-0.15, -0.1) is 0 Å². The molecule has 2 rings (SSSR count). The Morgan fingerprint density at radius 2 is 2.00 bits per heavy atom. The van der Waals surface area contributed by atoms with Crippen molar-refractivity contribution >= 4 is 29.8 Å². The van der Waals surface area contributed by atoms with E-state index in [1.165, 1.54) is 0 Å². The number of H-pyrrole nitrogens is 1. The Hall–Kier alpha value is -1.59. The highest BCUT2D eigenvalue weighted by Gasteiger charge is 2.18. The fraction of sp³-hybridized carbons (Fsp3) is 0.412. The second kappa shape index (κ2) is 7.79. The van der Waals surface area contributed by atoms with E-state index in [2.05, 4.69) is 18.8 Å². The quantitative estimate of drug-likeness (QED) is 0.615.